The van der Waals surface area contributed by atoms with Crippen molar-refractivity contribution in [3.63, 3.8) is 0 Å². The fourth-order valence-corrected chi connectivity index (χ4v) is 6.12. The maximum absolute atomic E-state index is 6.26. The van der Waals surface area contributed by atoms with Gasteiger partial charge in [-0.2, -0.15) is 0 Å². The van der Waals surface area contributed by atoms with Crippen molar-refractivity contribution in [2.24, 2.45) is 12.5 Å². The fourth-order valence-electron chi connectivity index (χ4n) is 5.10. The van der Waals surface area contributed by atoms with Crippen LogP contribution < -0.4 is 0 Å². The Morgan fingerprint density at radius 2 is 2.13 bits per heavy atom. The molecule has 1 aliphatic heterocycles. The molecule has 0 unspecified atom stereocenters. The molecule has 1 saturated carbocycles. The summed E-state index contributed by atoms with van der Waals surface area (Å²) in [7, 11) is 1.98. The summed E-state index contributed by atoms with van der Waals surface area (Å²) in [5.74, 6) is 2.43. The first-order chi connectivity index (χ1) is 14.4. The van der Waals surface area contributed by atoms with Gasteiger partial charge < -0.3 is 13.9 Å². The molecular formula is C22H26ClN5OS. The first-order valence-electron chi connectivity index (χ1n) is 10.3. The third-order valence-corrected chi connectivity index (χ3v) is 8.14. The monoisotopic (exact) mass is 443 g/mol. The second kappa shape index (κ2) is 7.39. The topological polar surface area (TPSA) is 60.0 Å². The standard InChI is InChI=1S/C22H26ClN5OS/c1-15-18(29-14-24-15)19-25-26-20(27(19)3)30-9-5-8-28-12-21(2)11-22(21,13-28)16-6-4-7-17(23)10-16/h4,6-7,10,14H,5,8-9,11-13H2,1-3H3/t21-,22-/m0/s1. The number of rotatable bonds is 7. The molecule has 1 saturated heterocycles. The minimum atomic E-state index is 0.290. The molecule has 3 heterocycles. The maximum Gasteiger partial charge on any atom is 0.202 e. The van der Waals surface area contributed by atoms with Crippen LogP contribution in [0.4, 0.5) is 0 Å². The summed E-state index contributed by atoms with van der Waals surface area (Å²) in [5, 5.41) is 10.4. The second-order valence-electron chi connectivity index (χ2n) is 8.87. The Morgan fingerprint density at radius 3 is 2.90 bits per heavy atom. The van der Waals surface area contributed by atoms with Crippen LogP contribution in [-0.4, -0.2) is 50.0 Å². The lowest BCUT2D eigenvalue weighted by molar-refractivity contribution is 0.284. The van der Waals surface area contributed by atoms with Gasteiger partial charge in [-0.3, -0.25) is 0 Å². The number of hydrogen-bond acceptors (Lipinski definition) is 6. The molecule has 1 aliphatic carbocycles. The van der Waals surface area contributed by atoms with Gasteiger partial charge in [0.1, 0.15) is 0 Å². The van der Waals surface area contributed by atoms with E-state index in [1.54, 1.807) is 11.8 Å². The Hall–Kier alpha value is -1.83. The van der Waals surface area contributed by atoms with Crippen molar-refractivity contribution in [1.29, 1.82) is 0 Å². The van der Waals surface area contributed by atoms with E-state index in [1.165, 1.54) is 24.9 Å². The molecule has 3 aromatic rings. The van der Waals surface area contributed by atoms with Crippen molar-refractivity contribution < 1.29 is 4.42 Å². The molecule has 30 heavy (non-hydrogen) atoms. The minimum Gasteiger partial charge on any atom is -0.440 e. The Balaban J connectivity index is 1.16. The van der Waals surface area contributed by atoms with E-state index in [0.29, 0.717) is 16.6 Å². The molecule has 0 spiro atoms. The van der Waals surface area contributed by atoms with Gasteiger partial charge in [0.2, 0.25) is 5.82 Å². The molecule has 158 valence electrons. The van der Waals surface area contributed by atoms with Gasteiger partial charge in [0.05, 0.1) is 5.69 Å². The van der Waals surface area contributed by atoms with E-state index in [9.17, 15) is 0 Å². The van der Waals surface area contributed by atoms with Crippen LogP contribution >= 0.6 is 23.4 Å². The van der Waals surface area contributed by atoms with Gasteiger partial charge in [0.15, 0.2) is 17.3 Å². The Labute approximate surface area is 186 Å². The number of benzene rings is 1. The van der Waals surface area contributed by atoms with E-state index < -0.39 is 0 Å². The van der Waals surface area contributed by atoms with Crippen molar-refractivity contribution in [1.82, 2.24) is 24.6 Å². The molecular weight excluding hydrogens is 418 g/mol. The maximum atomic E-state index is 6.26. The Kier molecular flexibility index (Phi) is 4.95. The van der Waals surface area contributed by atoms with Crippen molar-refractivity contribution >= 4 is 23.4 Å². The van der Waals surface area contributed by atoms with Crippen molar-refractivity contribution in [2.45, 2.75) is 37.3 Å². The van der Waals surface area contributed by atoms with Gasteiger partial charge >= 0.3 is 0 Å². The molecule has 2 aliphatic rings. The summed E-state index contributed by atoms with van der Waals surface area (Å²) in [6, 6.07) is 8.46. The number of hydrogen-bond donors (Lipinski definition) is 0. The van der Waals surface area contributed by atoms with Crippen LogP contribution in [0.3, 0.4) is 0 Å². The highest BCUT2D eigenvalue weighted by Crippen LogP contribution is 2.68. The van der Waals surface area contributed by atoms with E-state index in [4.69, 9.17) is 16.0 Å². The van der Waals surface area contributed by atoms with Crippen LogP contribution in [0, 0.1) is 12.3 Å². The molecule has 2 atom stereocenters. The molecule has 2 aromatic heterocycles. The highest BCUT2D eigenvalue weighted by atomic mass is 35.5. The summed E-state index contributed by atoms with van der Waals surface area (Å²) >= 11 is 8.01. The van der Waals surface area contributed by atoms with E-state index in [-0.39, 0.29) is 0 Å². The number of nitrogens with zero attached hydrogens (tertiary/aromatic N) is 5. The van der Waals surface area contributed by atoms with Crippen LogP contribution in [0.25, 0.3) is 11.6 Å². The third-order valence-electron chi connectivity index (χ3n) is 6.80. The average Bonchev–Trinajstić information content (AvgIpc) is 3.05. The van der Waals surface area contributed by atoms with Crippen molar-refractivity contribution in [3.05, 3.63) is 46.9 Å². The largest absolute Gasteiger partial charge is 0.440 e. The summed E-state index contributed by atoms with van der Waals surface area (Å²) < 4.78 is 7.44. The molecule has 5 rings (SSSR count). The Morgan fingerprint density at radius 1 is 1.27 bits per heavy atom. The molecule has 6 nitrogen and oxygen atoms in total. The molecule has 1 aromatic carbocycles. The highest BCUT2D eigenvalue weighted by molar-refractivity contribution is 7.99. The van der Waals surface area contributed by atoms with Crippen LogP contribution in [0.5, 0.6) is 0 Å². The van der Waals surface area contributed by atoms with Gasteiger partial charge in [0, 0.05) is 36.3 Å². The normalized spacial score (nSPS) is 25.6. The third kappa shape index (κ3) is 3.27. The number of halogens is 1. The van der Waals surface area contributed by atoms with Gasteiger partial charge in [-0.15, -0.1) is 10.2 Å². The predicted molar refractivity (Wildman–Crippen MR) is 119 cm³/mol. The van der Waals surface area contributed by atoms with Gasteiger partial charge in [-0.1, -0.05) is 42.4 Å². The minimum absolute atomic E-state index is 0.290. The number of aromatic nitrogens is 4. The zero-order valence-corrected chi connectivity index (χ0v) is 19.1. The number of piperidine rings is 1. The zero-order valence-electron chi connectivity index (χ0n) is 17.6. The lowest BCUT2D eigenvalue weighted by Crippen LogP contribution is -2.28. The molecule has 0 amide bonds. The molecule has 0 radical (unpaired) electrons. The second-order valence-corrected chi connectivity index (χ2v) is 10.4. The van der Waals surface area contributed by atoms with E-state index in [1.807, 2.05) is 24.6 Å². The fraction of sp³-hybridized carbons (Fsp3) is 0.500. The first kappa shape index (κ1) is 20.1. The quantitative estimate of drug-likeness (QED) is 0.393. The van der Waals surface area contributed by atoms with Crippen LogP contribution in [-0.2, 0) is 12.5 Å². The van der Waals surface area contributed by atoms with Gasteiger partial charge in [-0.25, -0.2) is 4.98 Å². The van der Waals surface area contributed by atoms with Gasteiger partial charge in [0.25, 0.3) is 0 Å². The van der Waals surface area contributed by atoms with Crippen molar-refractivity contribution in [3.8, 4) is 11.6 Å². The van der Waals surface area contributed by atoms with E-state index in [2.05, 4.69) is 45.2 Å². The van der Waals surface area contributed by atoms with E-state index in [0.717, 1.165) is 47.0 Å². The van der Waals surface area contributed by atoms with Crippen LogP contribution in [0.2, 0.25) is 5.02 Å². The summed E-state index contributed by atoms with van der Waals surface area (Å²) in [5.41, 5.74) is 2.91. The highest BCUT2D eigenvalue weighted by Gasteiger charge is 2.69. The Bertz CT molecular complexity index is 1080. The summed E-state index contributed by atoms with van der Waals surface area (Å²) in [6.45, 7) is 7.75. The zero-order chi connectivity index (χ0) is 20.9. The first-order valence-corrected chi connectivity index (χ1v) is 11.7. The van der Waals surface area contributed by atoms with Crippen LogP contribution in [0.1, 0.15) is 31.0 Å². The van der Waals surface area contributed by atoms with Gasteiger partial charge in [-0.05, 0) is 49.4 Å². The SMILES string of the molecule is Cc1ncoc1-c1nnc(SCCCN2C[C@]3(C)C[C@@]3(c3cccc(Cl)c3)C2)n1C. The number of likely N-dealkylation sites (tertiary alicyclic amines) is 1. The molecule has 2 fully saturated rings. The predicted octanol–water partition coefficient (Wildman–Crippen LogP) is 4.58. The molecule has 0 N–H and O–H groups in total. The number of thioether (sulfide) groups is 1. The number of oxazole rings is 1. The smallest absolute Gasteiger partial charge is 0.202 e. The molecule has 0 bridgehead atoms. The number of aryl methyl sites for hydroxylation is 1. The van der Waals surface area contributed by atoms with E-state index >= 15 is 0 Å². The number of fused-ring (bicyclic) bond motifs is 1. The summed E-state index contributed by atoms with van der Waals surface area (Å²) in [6.07, 6.45) is 3.84. The van der Waals surface area contributed by atoms with Crippen LogP contribution in [0.15, 0.2) is 40.2 Å². The lowest BCUT2D eigenvalue weighted by Gasteiger charge is -2.21. The molecule has 8 heteroatoms. The lowest BCUT2D eigenvalue weighted by atomic mass is 9.90. The van der Waals surface area contributed by atoms with Crippen molar-refractivity contribution in [2.75, 3.05) is 25.4 Å². The average molecular weight is 444 g/mol. The summed E-state index contributed by atoms with van der Waals surface area (Å²) in [4.78, 5) is 6.76.